The molecule has 0 aromatic heterocycles. The van der Waals surface area contributed by atoms with Crippen LogP contribution >= 0.6 is 0 Å². The highest BCUT2D eigenvalue weighted by Crippen LogP contribution is 2.12. The summed E-state index contributed by atoms with van der Waals surface area (Å²) in [6.45, 7) is 9.78. The Labute approximate surface area is 161 Å². The van der Waals surface area contributed by atoms with E-state index in [1.54, 1.807) is 49.7 Å². The Kier molecular flexibility index (Phi) is 12.0. The van der Waals surface area contributed by atoms with Gasteiger partial charge in [-0.25, -0.2) is 0 Å². The zero-order valence-electron chi connectivity index (χ0n) is 15.9. The second-order valence-corrected chi connectivity index (χ2v) is 5.76. The molecule has 146 valence electrons. The summed E-state index contributed by atoms with van der Waals surface area (Å²) in [5, 5.41) is 25.7. The molecule has 0 spiro atoms. The molecule has 0 aliphatic rings. The molecule has 0 aliphatic carbocycles. The highest BCUT2D eigenvalue weighted by molar-refractivity contribution is 5.83. The minimum absolute atomic E-state index is 0.235. The molecule has 0 unspecified atom stereocenters. The van der Waals surface area contributed by atoms with Gasteiger partial charge in [0.15, 0.2) is 0 Å². The molecule has 1 aromatic carbocycles. The van der Waals surface area contributed by atoms with Crippen LogP contribution in [0.1, 0.15) is 12.5 Å². The summed E-state index contributed by atoms with van der Waals surface area (Å²) in [5.74, 6) is 0.480. The Hall–Kier alpha value is -2.70. The van der Waals surface area contributed by atoms with E-state index in [1.165, 1.54) is 0 Å². The van der Waals surface area contributed by atoms with Crippen molar-refractivity contribution >= 4 is 12.4 Å². The number of para-hydroxylation sites is 1. The number of aliphatic imine (C=N–C) groups is 2. The third-order valence-corrected chi connectivity index (χ3v) is 3.54. The first-order valence-corrected chi connectivity index (χ1v) is 9.03. The number of nitrogens with zero attached hydrogens (tertiary/aromatic N) is 2. The zero-order chi connectivity index (χ0) is 19.7. The maximum Gasteiger partial charge on any atom is 0.124 e. The van der Waals surface area contributed by atoms with Gasteiger partial charge in [0.25, 0.3) is 0 Å². The number of aliphatic hydroxyl groups excluding tert-OH is 1. The fourth-order valence-electron chi connectivity index (χ4n) is 2.07. The maximum atomic E-state index is 9.62. The SMILES string of the molecule is C=C\C=C/C(/C=N\CCNCCNCC/N=C\c1ccccc1O)=C(\C)O. The number of hydrogen-bond acceptors (Lipinski definition) is 6. The van der Waals surface area contributed by atoms with Crippen molar-refractivity contribution in [3.8, 4) is 5.75 Å². The molecule has 0 amide bonds. The molecular weight excluding hydrogens is 340 g/mol. The lowest BCUT2D eigenvalue weighted by Gasteiger charge is -2.04. The van der Waals surface area contributed by atoms with E-state index in [0.29, 0.717) is 18.7 Å². The van der Waals surface area contributed by atoms with Gasteiger partial charge in [0.05, 0.1) is 18.8 Å². The zero-order valence-corrected chi connectivity index (χ0v) is 15.9. The van der Waals surface area contributed by atoms with Crippen molar-refractivity contribution in [1.29, 1.82) is 0 Å². The van der Waals surface area contributed by atoms with Gasteiger partial charge in [-0.3, -0.25) is 9.98 Å². The van der Waals surface area contributed by atoms with Crippen molar-refractivity contribution in [2.75, 3.05) is 39.3 Å². The molecule has 0 heterocycles. The van der Waals surface area contributed by atoms with E-state index in [-0.39, 0.29) is 11.5 Å². The van der Waals surface area contributed by atoms with Crippen molar-refractivity contribution in [2.45, 2.75) is 6.92 Å². The molecule has 0 atom stereocenters. The lowest BCUT2D eigenvalue weighted by Crippen LogP contribution is -2.30. The number of phenolic OH excluding ortho intramolecular Hbond substituents is 1. The average molecular weight is 370 g/mol. The summed E-state index contributed by atoms with van der Waals surface area (Å²) in [5.41, 5.74) is 1.41. The third-order valence-electron chi connectivity index (χ3n) is 3.54. The summed E-state index contributed by atoms with van der Waals surface area (Å²) >= 11 is 0. The number of benzene rings is 1. The van der Waals surface area contributed by atoms with E-state index < -0.39 is 0 Å². The van der Waals surface area contributed by atoms with Gasteiger partial charge in [-0.15, -0.1) is 0 Å². The van der Waals surface area contributed by atoms with Crippen molar-refractivity contribution in [3.63, 3.8) is 0 Å². The van der Waals surface area contributed by atoms with E-state index in [9.17, 15) is 10.2 Å². The van der Waals surface area contributed by atoms with Gasteiger partial charge < -0.3 is 20.8 Å². The number of allylic oxidation sites excluding steroid dienone is 5. The van der Waals surface area contributed by atoms with Gasteiger partial charge >= 0.3 is 0 Å². The average Bonchev–Trinajstić information content (AvgIpc) is 2.66. The Morgan fingerprint density at radius 1 is 1.07 bits per heavy atom. The van der Waals surface area contributed by atoms with E-state index in [1.807, 2.05) is 12.1 Å². The van der Waals surface area contributed by atoms with Crippen LogP contribution in [0.2, 0.25) is 0 Å². The van der Waals surface area contributed by atoms with Crippen molar-refractivity contribution < 1.29 is 10.2 Å². The lowest BCUT2D eigenvalue weighted by atomic mass is 10.2. The molecule has 0 radical (unpaired) electrons. The molecular formula is C21H30N4O2. The highest BCUT2D eigenvalue weighted by atomic mass is 16.3. The van der Waals surface area contributed by atoms with Crippen LogP contribution in [-0.2, 0) is 0 Å². The Morgan fingerprint density at radius 2 is 1.74 bits per heavy atom. The van der Waals surface area contributed by atoms with Gasteiger partial charge in [0.2, 0.25) is 0 Å². The van der Waals surface area contributed by atoms with Crippen LogP contribution in [-0.4, -0.2) is 61.9 Å². The summed E-state index contributed by atoms with van der Waals surface area (Å²) < 4.78 is 0. The minimum atomic E-state index is 0.235. The number of nitrogens with one attached hydrogen (secondary N) is 2. The van der Waals surface area contributed by atoms with E-state index in [0.717, 1.165) is 31.7 Å². The molecule has 1 rings (SSSR count). The minimum Gasteiger partial charge on any atom is -0.512 e. The van der Waals surface area contributed by atoms with Gasteiger partial charge in [-0.1, -0.05) is 36.9 Å². The molecule has 27 heavy (non-hydrogen) atoms. The van der Waals surface area contributed by atoms with Crippen LogP contribution < -0.4 is 10.6 Å². The maximum absolute atomic E-state index is 9.62. The lowest BCUT2D eigenvalue weighted by molar-refractivity contribution is 0.412. The quantitative estimate of drug-likeness (QED) is 0.186. The topological polar surface area (TPSA) is 89.2 Å². The molecule has 6 heteroatoms. The Balaban J connectivity index is 2.05. The van der Waals surface area contributed by atoms with Crippen LogP contribution in [0.25, 0.3) is 0 Å². The standard InChI is InChI=1S/C21H30N4O2/c1-3-4-7-19(18(2)26)16-24-14-12-22-10-11-23-13-15-25-17-20-8-5-6-9-21(20)27/h3-9,16-17,22-23,26-27H,1,10-15H2,2H3/b7-4-,19-18-,24-16-,25-17-. The van der Waals surface area contributed by atoms with Crippen LogP contribution in [0, 0.1) is 0 Å². The van der Waals surface area contributed by atoms with Gasteiger partial charge in [-0.05, 0) is 19.1 Å². The Morgan fingerprint density at radius 3 is 2.37 bits per heavy atom. The number of aliphatic hydroxyl groups is 1. The number of phenols is 1. The second kappa shape index (κ2) is 14.5. The largest absolute Gasteiger partial charge is 0.512 e. The fraction of sp³-hybridized carbons (Fsp3) is 0.333. The molecule has 6 nitrogen and oxygen atoms in total. The summed E-state index contributed by atoms with van der Waals surface area (Å²) in [6, 6.07) is 7.13. The van der Waals surface area contributed by atoms with Gasteiger partial charge in [0, 0.05) is 49.7 Å². The molecule has 0 aliphatic heterocycles. The first kappa shape index (κ1) is 22.3. The summed E-state index contributed by atoms with van der Waals surface area (Å²) in [7, 11) is 0. The highest BCUT2D eigenvalue weighted by Gasteiger charge is 1.94. The molecule has 0 saturated carbocycles. The van der Waals surface area contributed by atoms with Crippen molar-refractivity contribution in [3.05, 3.63) is 66.0 Å². The smallest absolute Gasteiger partial charge is 0.124 e. The van der Waals surface area contributed by atoms with E-state index in [4.69, 9.17) is 0 Å². The van der Waals surface area contributed by atoms with Crippen molar-refractivity contribution in [2.24, 2.45) is 9.98 Å². The number of rotatable bonds is 13. The predicted molar refractivity (Wildman–Crippen MR) is 114 cm³/mol. The molecule has 1 aromatic rings. The first-order chi connectivity index (χ1) is 13.1. The van der Waals surface area contributed by atoms with Crippen LogP contribution in [0.4, 0.5) is 0 Å². The fourth-order valence-corrected chi connectivity index (χ4v) is 2.07. The predicted octanol–water partition coefficient (Wildman–Crippen LogP) is 2.64. The summed E-state index contributed by atoms with van der Waals surface area (Å²) in [6.07, 6.45) is 8.54. The van der Waals surface area contributed by atoms with Gasteiger partial charge in [-0.2, -0.15) is 0 Å². The molecule has 4 N–H and O–H groups in total. The molecule has 0 bridgehead atoms. The Bertz CT molecular complexity index is 675. The van der Waals surface area contributed by atoms with Crippen LogP contribution in [0.3, 0.4) is 0 Å². The first-order valence-electron chi connectivity index (χ1n) is 9.03. The van der Waals surface area contributed by atoms with Crippen LogP contribution in [0.15, 0.2) is 70.4 Å². The van der Waals surface area contributed by atoms with Crippen LogP contribution in [0.5, 0.6) is 5.75 Å². The normalized spacial score (nSPS) is 12.9. The monoisotopic (exact) mass is 370 g/mol. The molecule has 0 saturated heterocycles. The number of aromatic hydroxyl groups is 1. The number of hydrogen-bond donors (Lipinski definition) is 4. The summed E-state index contributed by atoms with van der Waals surface area (Å²) in [4.78, 5) is 8.58. The van der Waals surface area contributed by atoms with E-state index >= 15 is 0 Å². The second-order valence-electron chi connectivity index (χ2n) is 5.76. The molecule has 0 fully saturated rings. The third kappa shape index (κ3) is 10.8. The van der Waals surface area contributed by atoms with E-state index in [2.05, 4.69) is 27.2 Å². The van der Waals surface area contributed by atoms with Crippen molar-refractivity contribution in [1.82, 2.24) is 10.6 Å². The van der Waals surface area contributed by atoms with Gasteiger partial charge in [0.1, 0.15) is 5.75 Å².